The summed E-state index contributed by atoms with van der Waals surface area (Å²) in [4.78, 5) is 10.3. The summed E-state index contributed by atoms with van der Waals surface area (Å²) in [6.45, 7) is 3.70. The van der Waals surface area contributed by atoms with E-state index >= 15 is 0 Å². The molecule has 1 aromatic heterocycles. The second kappa shape index (κ2) is 5.92. The quantitative estimate of drug-likeness (QED) is 0.674. The molecular formula is C14H17N3O4. The molecule has 2 aromatic rings. The van der Waals surface area contributed by atoms with Crippen LogP contribution in [0.15, 0.2) is 24.3 Å². The van der Waals surface area contributed by atoms with Crippen LogP contribution in [0.1, 0.15) is 30.0 Å². The molecular weight excluding hydrogens is 274 g/mol. The third-order valence-electron chi connectivity index (χ3n) is 3.13. The Morgan fingerprint density at radius 2 is 2.19 bits per heavy atom. The number of nitro groups is 1. The maximum atomic E-state index is 10.8. The SMILES string of the molecule is Cc1cc(COc2ccc([N+](=O)[O-])cc2[C@H](C)O)n(C)n1. The highest BCUT2D eigenvalue weighted by atomic mass is 16.6. The van der Waals surface area contributed by atoms with E-state index in [-0.39, 0.29) is 12.3 Å². The number of aromatic nitrogens is 2. The number of benzene rings is 1. The van der Waals surface area contributed by atoms with Crippen molar-refractivity contribution in [3.63, 3.8) is 0 Å². The predicted molar refractivity (Wildman–Crippen MR) is 76.0 cm³/mol. The maximum absolute atomic E-state index is 10.8. The minimum atomic E-state index is -0.854. The van der Waals surface area contributed by atoms with Gasteiger partial charge < -0.3 is 9.84 Å². The molecule has 0 fully saturated rings. The van der Waals surface area contributed by atoms with Crippen molar-refractivity contribution in [3.8, 4) is 5.75 Å². The Labute approximate surface area is 121 Å². The van der Waals surface area contributed by atoms with Crippen molar-refractivity contribution in [2.24, 2.45) is 7.05 Å². The van der Waals surface area contributed by atoms with Gasteiger partial charge in [-0.1, -0.05) is 0 Å². The van der Waals surface area contributed by atoms with Gasteiger partial charge in [0.25, 0.3) is 5.69 Å². The first-order valence-corrected chi connectivity index (χ1v) is 6.47. The number of aliphatic hydroxyl groups is 1. The number of rotatable bonds is 5. The van der Waals surface area contributed by atoms with Gasteiger partial charge in [0.2, 0.25) is 0 Å². The minimum Gasteiger partial charge on any atom is -0.487 e. The summed E-state index contributed by atoms with van der Waals surface area (Å²) in [6.07, 6.45) is -0.854. The average molecular weight is 291 g/mol. The minimum absolute atomic E-state index is 0.0744. The van der Waals surface area contributed by atoms with Crippen molar-refractivity contribution in [2.75, 3.05) is 0 Å². The second-order valence-electron chi connectivity index (χ2n) is 4.84. The molecule has 0 spiro atoms. The third kappa shape index (κ3) is 3.38. The molecule has 112 valence electrons. The molecule has 21 heavy (non-hydrogen) atoms. The van der Waals surface area contributed by atoms with Crippen LogP contribution in [0.5, 0.6) is 5.75 Å². The van der Waals surface area contributed by atoms with E-state index in [0.29, 0.717) is 11.3 Å². The Balaban J connectivity index is 2.23. The molecule has 0 saturated carbocycles. The van der Waals surface area contributed by atoms with Crippen LogP contribution in [0.2, 0.25) is 0 Å². The fourth-order valence-corrected chi connectivity index (χ4v) is 2.06. The molecule has 0 aliphatic rings. The number of hydrogen-bond donors (Lipinski definition) is 1. The van der Waals surface area contributed by atoms with Crippen LogP contribution in [0.25, 0.3) is 0 Å². The summed E-state index contributed by atoms with van der Waals surface area (Å²) in [5.74, 6) is 0.425. The van der Waals surface area contributed by atoms with Gasteiger partial charge in [-0.3, -0.25) is 14.8 Å². The topological polar surface area (TPSA) is 90.4 Å². The van der Waals surface area contributed by atoms with Gasteiger partial charge >= 0.3 is 0 Å². The number of nitrogens with zero attached hydrogens (tertiary/aromatic N) is 3. The third-order valence-corrected chi connectivity index (χ3v) is 3.13. The van der Waals surface area contributed by atoms with E-state index in [4.69, 9.17) is 4.74 Å². The number of ether oxygens (including phenoxy) is 1. The molecule has 2 rings (SSSR count). The lowest BCUT2D eigenvalue weighted by Gasteiger charge is -2.13. The summed E-state index contributed by atoms with van der Waals surface area (Å²) < 4.78 is 7.38. The zero-order valence-corrected chi connectivity index (χ0v) is 12.1. The first-order chi connectivity index (χ1) is 9.88. The average Bonchev–Trinajstić information content (AvgIpc) is 2.74. The summed E-state index contributed by atoms with van der Waals surface area (Å²) in [5, 5.41) is 24.7. The standard InChI is InChI=1S/C14H17N3O4/c1-9-6-12(16(3)15-9)8-21-14-5-4-11(17(19)20)7-13(14)10(2)18/h4-7,10,18H,8H2,1-3H3/t10-/m0/s1. The largest absolute Gasteiger partial charge is 0.487 e. The first kappa shape index (κ1) is 15.0. The summed E-state index contributed by atoms with van der Waals surface area (Å²) >= 11 is 0. The highest BCUT2D eigenvalue weighted by molar-refractivity contribution is 5.44. The van der Waals surface area contributed by atoms with Crippen molar-refractivity contribution < 1.29 is 14.8 Å². The molecule has 7 heteroatoms. The molecule has 0 aliphatic heterocycles. The van der Waals surface area contributed by atoms with E-state index in [0.717, 1.165) is 11.4 Å². The van der Waals surface area contributed by atoms with Gasteiger partial charge in [0.1, 0.15) is 12.4 Å². The van der Waals surface area contributed by atoms with Crippen LogP contribution >= 0.6 is 0 Å². The normalized spacial score (nSPS) is 12.2. The zero-order chi connectivity index (χ0) is 15.6. The van der Waals surface area contributed by atoms with Crippen molar-refractivity contribution in [1.82, 2.24) is 9.78 Å². The molecule has 0 unspecified atom stereocenters. The molecule has 0 amide bonds. The maximum Gasteiger partial charge on any atom is 0.270 e. The first-order valence-electron chi connectivity index (χ1n) is 6.47. The van der Waals surface area contributed by atoms with Crippen LogP contribution in [0.3, 0.4) is 0 Å². The van der Waals surface area contributed by atoms with E-state index < -0.39 is 11.0 Å². The Morgan fingerprint density at radius 1 is 1.48 bits per heavy atom. The number of hydrogen-bond acceptors (Lipinski definition) is 5. The van der Waals surface area contributed by atoms with Gasteiger partial charge in [0, 0.05) is 24.7 Å². The van der Waals surface area contributed by atoms with Crippen molar-refractivity contribution in [2.45, 2.75) is 26.6 Å². The predicted octanol–water partition coefficient (Wildman–Crippen LogP) is 2.27. The fraction of sp³-hybridized carbons (Fsp3) is 0.357. The van der Waals surface area contributed by atoms with E-state index in [1.165, 1.54) is 18.2 Å². The van der Waals surface area contributed by atoms with Crippen molar-refractivity contribution >= 4 is 5.69 Å². The molecule has 1 aromatic carbocycles. The molecule has 1 atom stereocenters. The summed E-state index contributed by atoms with van der Waals surface area (Å²) in [6, 6.07) is 6.08. The second-order valence-corrected chi connectivity index (χ2v) is 4.84. The summed E-state index contributed by atoms with van der Waals surface area (Å²) in [7, 11) is 1.82. The lowest BCUT2D eigenvalue weighted by atomic mass is 10.1. The number of aryl methyl sites for hydroxylation is 2. The molecule has 0 aliphatic carbocycles. The van der Waals surface area contributed by atoms with Crippen molar-refractivity contribution in [1.29, 1.82) is 0 Å². The van der Waals surface area contributed by atoms with Gasteiger partial charge in [-0.25, -0.2) is 0 Å². The molecule has 1 N–H and O–H groups in total. The van der Waals surface area contributed by atoms with E-state index in [1.807, 2.05) is 20.0 Å². The van der Waals surface area contributed by atoms with Gasteiger partial charge in [-0.15, -0.1) is 0 Å². The van der Waals surface area contributed by atoms with Crippen LogP contribution in [-0.2, 0) is 13.7 Å². The smallest absolute Gasteiger partial charge is 0.270 e. The molecule has 0 saturated heterocycles. The monoisotopic (exact) mass is 291 g/mol. The summed E-state index contributed by atoms with van der Waals surface area (Å²) in [5.41, 5.74) is 2.08. The number of aliphatic hydroxyl groups excluding tert-OH is 1. The Hall–Kier alpha value is -2.41. The Bertz CT molecular complexity index is 664. The van der Waals surface area contributed by atoms with Crippen LogP contribution in [0, 0.1) is 17.0 Å². The number of nitro benzene ring substituents is 1. The molecule has 0 bridgehead atoms. The van der Waals surface area contributed by atoms with E-state index in [1.54, 1.807) is 11.6 Å². The van der Waals surface area contributed by atoms with Crippen LogP contribution in [0.4, 0.5) is 5.69 Å². The van der Waals surface area contributed by atoms with E-state index in [9.17, 15) is 15.2 Å². The molecule has 0 radical (unpaired) electrons. The Kier molecular flexibility index (Phi) is 4.23. The lowest BCUT2D eigenvalue weighted by Crippen LogP contribution is -2.05. The Morgan fingerprint density at radius 3 is 2.71 bits per heavy atom. The van der Waals surface area contributed by atoms with Gasteiger partial charge in [-0.05, 0) is 26.0 Å². The van der Waals surface area contributed by atoms with E-state index in [2.05, 4.69) is 5.10 Å². The lowest BCUT2D eigenvalue weighted by molar-refractivity contribution is -0.385. The van der Waals surface area contributed by atoms with Gasteiger partial charge in [-0.2, -0.15) is 5.10 Å². The van der Waals surface area contributed by atoms with Gasteiger partial charge in [0.05, 0.1) is 22.4 Å². The fourth-order valence-electron chi connectivity index (χ4n) is 2.06. The van der Waals surface area contributed by atoms with Crippen molar-refractivity contribution in [3.05, 3.63) is 51.3 Å². The molecule has 7 nitrogen and oxygen atoms in total. The zero-order valence-electron chi connectivity index (χ0n) is 12.1. The highest BCUT2D eigenvalue weighted by Crippen LogP contribution is 2.29. The van der Waals surface area contributed by atoms with Crippen LogP contribution in [-0.4, -0.2) is 19.8 Å². The van der Waals surface area contributed by atoms with Crippen LogP contribution < -0.4 is 4.74 Å². The molecule has 1 heterocycles. The highest BCUT2D eigenvalue weighted by Gasteiger charge is 2.16. The van der Waals surface area contributed by atoms with Gasteiger partial charge in [0.15, 0.2) is 0 Å². The number of non-ortho nitro benzene ring substituents is 1.